The van der Waals surface area contributed by atoms with Crippen molar-refractivity contribution in [2.75, 3.05) is 33.9 Å². The van der Waals surface area contributed by atoms with Gasteiger partial charge in [-0.1, -0.05) is 6.07 Å². The average Bonchev–Trinajstić information content (AvgIpc) is 3.41. The molecule has 1 saturated heterocycles. The zero-order valence-corrected chi connectivity index (χ0v) is 18.2. The van der Waals surface area contributed by atoms with Gasteiger partial charge in [-0.05, 0) is 49.4 Å². The first kappa shape index (κ1) is 21.6. The number of ether oxygens (including phenoxy) is 3. The van der Waals surface area contributed by atoms with Crippen molar-refractivity contribution in [2.45, 2.75) is 38.5 Å². The highest BCUT2D eigenvalue weighted by atomic mass is 32.1. The van der Waals surface area contributed by atoms with Crippen LogP contribution in [0.4, 0.5) is 0 Å². The summed E-state index contributed by atoms with van der Waals surface area (Å²) >= 11 is 1.71. The minimum atomic E-state index is -0.195. The molecule has 1 amide bonds. The van der Waals surface area contributed by atoms with Crippen LogP contribution < -0.4 is 14.8 Å². The SMILES string of the molecule is COc1ccc(OC)c([C@@H](C)NC(=O)CN(Cc2cccs2)C[C@H]2CCCO2)c1. The van der Waals surface area contributed by atoms with Gasteiger partial charge in [0.15, 0.2) is 0 Å². The molecule has 1 aliphatic rings. The molecular weight excluding hydrogens is 388 g/mol. The number of nitrogens with zero attached hydrogens (tertiary/aromatic N) is 1. The van der Waals surface area contributed by atoms with E-state index in [4.69, 9.17) is 14.2 Å². The molecule has 0 bridgehead atoms. The first-order valence-corrected chi connectivity index (χ1v) is 10.8. The maximum absolute atomic E-state index is 12.8. The number of benzene rings is 1. The Kier molecular flexibility index (Phi) is 7.91. The fraction of sp³-hybridized carbons (Fsp3) is 0.500. The van der Waals surface area contributed by atoms with E-state index in [-0.39, 0.29) is 18.1 Å². The van der Waals surface area contributed by atoms with E-state index in [9.17, 15) is 4.79 Å². The Morgan fingerprint density at radius 3 is 2.86 bits per heavy atom. The van der Waals surface area contributed by atoms with Gasteiger partial charge >= 0.3 is 0 Å². The van der Waals surface area contributed by atoms with E-state index in [2.05, 4.69) is 21.7 Å². The van der Waals surface area contributed by atoms with Crippen molar-refractivity contribution in [1.82, 2.24) is 10.2 Å². The molecule has 1 N–H and O–H groups in total. The monoisotopic (exact) mass is 418 g/mol. The highest BCUT2D eigenvalue weighted by molar-refractivity contribution is 7.09. The van der Waals surface area contributed by atoms with Gasteiger partial charge in [-0.15, -0.1) is 11.3 Å². The van der Waals surface area contributed by atoms with Crippen LogP contribution in [0.5, 0.6) is 11.5 Å². The van der Waals surface area contributed by atoms with Gasteiger partial charge < -0.3 is 19.5 Å². The Morgan fingerprint density at radius 1 is 1.34 bits per heavy atom. The standard InChI is InChI=1S/C22H30N2O4S/c1-16(20-12-17(26-2)8-9-21(20)27-3)23-22(25)15-24(13-18-6-4-10-28-18)14-19-7-5-11-29-19/h5,7-9,11-12,16,18H,4,6,10,13-15H2,1-3H3,(H,23,25)/t16-,18-/m1/s1. The van der Waals surface area contributed by atoms with Crippen LogP contribution in [0.25, 0.3) is 0 Å². The fourth-order valence-corrected chi connectivity index (χ4v) is 4.38. The largest absolute Gasteiger partial charge is 0.497 e. The Morgan fingerprint density at radius 2 is 2.21 bits per heavy atom. The van der Waals surface area contributed by atoms with Crippen LogP contribution in [-0.4, -0.2) is 50.8 Å². The van der Waals surface area contributed by atoms with Crippen molar-refractivity contribution in [2.24, 2.45) is 0 Å². The number of hydrogen-bond acceptors (Lipinski definition) is 6. The van der Waals surface area contributed by atoms with E-state index < -0.39 is 0 Å². The predicted molar refractivity (Wildman–Crippen MR) is 115 cm³/mol. The molecule has 0 saturated carbocycles. The first-order chi connectivity index (χ1) is 14.1. The third-order valence-corrected chi connectivity index (χ3v) is 5.95. The van der Waals surface area contributed by atoms with Gasteiger partial charge in [-0.3, -0.25) is 9.69 Å². The topological polar surface area (TPSA) is 60.0 Å². The molecule has 2 aromatic rings. The van der Waals surface area contributed by atoms with Gasteiger partial charge in [0.1, 0.15) is 11.5 Å². The van der Waals surface area contributed by atoms with Crippen LogP contribution in [-0.2, 0) is 16.1 Å². The number of rotatable bonds is 10. The molecule has 1 aromatic heterocycles. The molecule has 1 aliphatic heterocycles. The molecule has 0 spiro atoms. The van der Waals surface area contributed by atoms with E-state index in [1.54, 1.807) is 25.6 Å². The smallest absolute Gasteiger partial charge is 0.234 e. The number of thiophene rings is 1. The van der Waals surface area contributed by atoms with Crippen LogP contribution in [0.15, 0.2) is 35.7 Å². The molecule has 2 atom stereocenters. The summed E-state index contributed by atoms with van der Waals surface area (Å²) in [6.07, 6.45) is 2.36. The summed E-state index contributed by atoms with van der Waals surface area (Å²) in [5, 5.41) is 5.17. The van der Waals surface area contributed by atoms with Crippen molar-refractivity contribution in [1.29, 1.82) is 0 Å². The van der Waals surface area contributed by atoms with Crippen LogP contribution >= 0.6 is 11.3 Å². The lowest BCUT2D eigenvalue weighted by atomic mass is 10.1. The number of carbonyl (C=O) groups excluding carboxylic acids is 1. The molecule has 0 radical (unpaired) electrons. The maximum Gasteiger partial charge on any atom is 0.234 e. The quantitative estimate of drug-likeness (QED) is 0.639. The Hall–Kier alpha value is -2.09. The van der Waals surface area contributed by atoms with Crippen molar-refractivity contribution in [3.8, 4) is 11.5 Å². The molecule has 1 aromatic carbocycles. The van der Waals surface area contributed by atoms with Crippen LogP contribution in [0, 0.1) is 0 Å². The molecule has 2 heterocycles. The minimum absolute atomic E-state index is 0.0167. The molecule has 158 valence electrons. The zero-order valence-electron chi connectivity index (χ0n) is 17.3. The predicted octanol–water partition coefficient (Wildman–Crippen LogP) is 3.62. The molecule has 0 unspecified atom stereocenters. The lowest BCUT2D eigenvalue weighted by Gasteiger charge is -2.25. The van der Waals surface area contributed by atoms with Gasteiger partial charge in [-0.2, -0.15) is 0 Å². The number of nitrogens with one attached hydrogen (secondary N) is 1. The molecule has 1 fully saturated rings. The lowest BCUT2D eigenvalue weighted by Crippen LogP contribution is -2.41. The van der Waals surface area contributed by atoms with E-state index >= 15 is 0 Å². The Balaban J connectivity index is 1.64. The number of carbonyl (C=O) groups is 1. The Labute approximate surface area is 176 Å². The second-order valence-corrected chi connectivity index (χ2v) is 8.31. The van der Waals surface area contributed by atoms with Gasteiger partial charge in [0.25, 0.3) is 0 Å². The van der Waals surface area contributed by atoms with E-state index in [1.807, 2.05) is 31.2 Å². The summed E-state index contributed by atoms with van der Waals surface area (Å²) in [6.45, 7) is 4.62. The molecule has 6 nitrogen and oxygen atoms in total. The Bertz CT molecular complexity index is 775. The summed E-state index contributed by atoms with van der Waals surface area (Å²) < 4.78 is 16.6. The molecule has 0 aliphatic carbocycles. The average molecular weight is 419 g/mol. The maximum atomic E-state index is 12.8. The van der Waals surface area contributed by atoms with Gasteiger partial charge in [0.2, 0.25) is 5.91 Å². The van der Waals surface area contributed by atoms with E-state index in [1.165, 1.54) is 4.88 Å². The summed E-state index contributed by atoms with van der Waals surface area (Å²) in [4.78, 5) is 16.3. The van der Waals surface area contributed by atoms with Crippen molar-refractivity contribution < 1.29 is 19.0 Å². The fourth-order valence-electron chi connectivity index (χ4n) is 3.63. The zero-order chi connectivity index (χ0) is 20.6. The second-order valence-electron chi connectivity index (χ2n) is 7.28. The number of hydrogen-bond donors (Lipinski definition) is 1. The number of amides is 1. The van der Waals surface area contributed by atoms with Gasteiger partial charge in [0.05, 0.1) is 32.9 Å². The highest BCUT2D eigenvalue weighted by Gasteiger charge is 2.22. The normalized spacial score (nSPS) is 17.3. The van der Waals surface area contributed by atoms with Crippen LogP contribution in [0.3, 0.4) is 0 Å². The van der Waals surface area contributed by atoms with Crippen LogP contribution in [0.2, 0.25) is 0 Å². The summed E-state index contributed by atoms with van der Waals surface area (Å²) in [5.41, 5.74) is 0.893. The first-order valence-electron chi connectivity index (χ1n) is 9.96. The van der Waals surface area contributed by atoms with Crippen molar-refractivity contribution in [3.05, 3.63) is 46.2 Å². The highest BCUT2D eigenvalue weighted by Crippen LogP contribution is 2.29. The van der Waals surface area contributed by atoms with Gasteiger partial charge in [0, 0.05) is 30.1 Å². The van der Waals surface area contributed by atoms with Crippen molar-refractivity contribution in [3.63, 3.8) is 0 Å². The minimum Gasteiger partial charge on any atom is -0.497 e. The summed E-state index contributed by atoms with van der Waals surface area (Å²) in [6, 6.07) is 9.56. The summed E-state index contributed by atoms with van der Waals surface area (Å²) in [5.74, 6) is 1.45. The third kappa shape index (κ3) is 6.19. The van der Waals surface area contributed by atoms with E-state index in [0.717, 1.165) is 49.6 Å². The van der Waals surface area contributed by atoms with Crippen molar-refractivity contribution >= 4 is 17.2 Å². The molecule has 29 heavy (non-hydrogen) atoms. The lowest BCUT2D eigenvalue weighted by molar-refractivity contribution is -0.123. The number of methoxy groups -OCH3 is 2. The molecular formula is C22H30N2O4S. The van der Waals surface area contributed by atoms with Gasteiger partial charge in [-0.25, -0.2) is 0 Å². The second kappa shape index (κ2) is 10.6. The molecule has 3 rings (SSSR count). The third-order valence-electron chi connectivity index (χ3n) is 5.09. The van der Waals surface area contributed by atoms with Crippen LogP contribution in [0.1, 0.15) is 36.2 Å². The summed E-state index contributed by atoms with van der Waals surface area (Å²) in [7, 11) is 3.26. The molecule has 7 heteroatoms. The van der Waals surface area contributed by atoms with E-state index in [0.29, 0.717) is 6.54 Å².